The number of hydrogen-bond donors (Lipinski definition) is 1. The Morgan fingerprint density at radius 3 is 2.35 bits per heavy atom. The first-order chi connectivity index (χ1) is 11.2. The van der Waals surface area contributed by atoms with E-state index in [-0.39, 0.29) is 0 Å². The van der Waals surface area contributed by atoms with Gasteiger partial charge in [0, 0.05) is 24.5 Å². The van der Waals surface area contributed by atoms with Crippen LogP contribution in [0.15, 0.2) is 48.8 Å². The fourth-order valence-corrected chi connectivity index (χ4v) is 2.60. The van der Waals surface area contributed by atoms with Gasteiger partial charge in [-0.15, -0.1) is 5.10 Å². The Hall–Kier alpha value is -2.53. The van der Waals surface area contributed by atoms with E-state index in [0.29, 0.717) is 19.0 Å². The van der Waals surface area contributed by atoms with Gasteiger partial charge in [-0.2, -0.15) is 0 Å². The minimum atomic E-state index is 0.365. The van der Waals surface area contributed by atoms with Gasteiger partial charge in [-0.05, 0) is 29.2 Å². The van der Waals surface area contributed by atoms with Crippen LogP contribution >= 0.6 is 0 Å². The van der Waals surface area contributed by atoms with Gasteiger partial charge in [0.25, 0.3) is 0 Å². The summed E-state index contributed by atoms with van der Waals surface area (Å²) in [6.07, 6.45) is 3.54. The minimum Gasteiger partial charge on any atom is -0.325 e. The molecule has 0 radical (unpaired) electrons. The summed E-state index contributed by atoms with van der Waals surface area (Å²) in [5, 5.41) is 8.50. The average molecular weight is 307 g/mol. The highest BCUT2D eigenvalue weighted by Crippen LogP contribution is 2.22. The van der Waals surface area contributed by atoms with E-state index in [9.17, 15) is 0 Å². The summed E-state index contributed by atoms with van der Waals surface area (Å²) in [4.78, 5) is 4.07. The zero-order chi connectivity index (χ0) is 16.2. The Morgan fingerprint density at radius 1 is 1.04 bits per heavy atom. The maximum absolute atomic E-state index is 5.82. The second-order valence-corrected chi connectivity index (χ2v) is 5.88. The number of benzene rings is 1. The number of pyridine rings is 1. The lowest BCUT2D eigenvalue weighted by Gasteiger charge is -2.10. The van der Waals surface area contributed by atoms with Gasteiger partial charge in [0.1, 0.15) is 5.69 Å². The Labute approximate surface area is 136 Å². The van der Waals surface area contributed by atoms with Crippen molar-refractivity contribution in [2.24, 2.45) is 5.73 Å². The lowest BCUT2D eigenvalue weighted by Crippen LogP contribution is -2.06. The van der Waals surface area contributed by atoms with E-state index >= 15 is 0 Å². The summed E-state index contributed by atoms with van der Waals surface area (Å²) in [6, 6.07) is 12.6. The van der Waals surface area contributed by atoms with E-state index in [1.54, 1.807) is 12.4 Å². The van der Waals surface area contributed by atoms with Crippen LogP contribution in [0.4, 0.5) is 0 Å². The van der Waals surface area contributed by atoms with Crippen LogP contribution < -0.4 is 5.73 Å². The van der Waals surface area contributed by atoms with Gasteiger partial charge in [0.15, 0.2) is 0 Å². The number of rotatable bonds is 5. The number of nitrogens with two attached hydrogens (primary N) is 1. The number of hydrogen-bond acceptors (Lipinski definition) is 4. The van der Waals surface area contributed by atoms with Gasteiger partial charge in [-0.1, -0.05) is 43.3 Å². The summed E-state index contributed by atoms with van der Waals surface area (Å²) in [5.41, 5.74) is 11.1. The molecule has 2 N–H and O–H groups in total. The third-order valence-electron chi connectivity index (χ3n) is 3.93. The van der Waals surface area contributed by atoms with E-state index in [2.05, 4.69) is 53.4 Å². The maximum Gasteiger partial charge on any atom is 0.104 e. The summed E-state index contributed by atoms with van der Waals surface area (Å²) in [5.74, 6) is 0.534. The topological polar surface area (TPSA) is 69.6 Å². The molecule has 5 heteroatoms. The number of nitrogens with zero attached hydrogens (tertiary/aromatic N) is 4. The quantitative estimate of drug-likeness (QED) is 0.786. The first-order valence-electron chi connectivity index (χ1n) is 7.80. The maximum atomic E-state index is 5.82. The molecule has 0 unspecified atom stereocenters. The normalized spacial score (nSPS) is 11.1. The molecular weight excluding hydrogens is 286 g/mol. The smallest absolute Gasteiger partial charge is 0.104 e. The largest absolute Gasteiger partial charge is 0.325 e. The van der Waals surface area contributed by atoms with E-state index < -0.39 is 0 Å². The third kappa shape index (κ3) is 3.29. The Balaban J connectivity index is 1.93. The van der Waals surface area contributed by atoms with Crippen LogP contribution in [-0.4, -0.2) is 20.0 Å². The molecule has 0 aliphatic carbocycles. The van der Waals surface area contributed by atoms with Crippen molar-refractivity contribution < 1.29 is 0 Å². The van der Waals surface area contributed by atoms with Crippen molar-refractivity contribution >= 4 is 0 Å². The fourth-order valence-electron chi connectivity index (χ4n) is 2.60. The molecule has 3 aromatic rings. The van der Waals surface area contributed by atoms with Crippen LogP contribution in [0.2, 0.25) is 0 Å². The van der Waals surface area contributed by atoms with Crippen LogP contribution in [0, 0.1) is 0 Å². The molecule has 1 aromatic carbocycles. The SMILES string of the molecule is CC(C)c1ccc(Cn2nnc(CN)c2-c2ccncc2)cc1. The van der Waals surface area contributed by atoms with Gasteiger partial charge in [0.05, 0.1) is 12.2 Å². The van der Waals surface area contributed by atoms with E-state index in [4.69, 9.17) is 5.73 Å². The molecule has 0 aliphatic rings. The van der Waals surface area contributed by atoms with Crippen molar-refractivity contribution in [1.29, 1.82) is 0 Å². The second kappa shape index (κ2) is 6.71. The summed E-state index contributed by atoms with van der Waals surface area (Å²) >= 11 is 0. The van der Waals surface area contributed by atoms with Gasteiger partial charge in [-0.25, -0.2) is 4.68 Å². The first-order valence-corrected chi connectivity index (χ1v) is 7.80. The van der Waals surface area contributed by atoms with Crippen LogP contribution in [0.3, 0.4) is 0 Å². The van der Waals surface area contributed by atoms with Gasteiger partial charge >= 0.3 is 0 Å². The van der Waals surface area contributed by atoms with E-state index in [0.717, 1.165) is 17.0 Å². The lowest BCUT2D eigenvalue weighted by molar-refractivity contribution is 0.654. The molecule has 23 heavy (non-hydrogen) atoms. The zero-order valence-electron chi connectivity index (χ0n) is 13.5. The van der Waals surface area contributed by atoms with Crippen LogP contribution in [0.1, 0.15) is 36.6 Å². The van der Waals surface area contributed by atoms with Crippen LogP contribution in [0.25, 0.3) is 11.3 Å². The molecule has 0 saturated heterocycles. The van der Waals surface area contributed by atoms with Gasteiger partial charge in [0.2, 0.25) is 0 Å². The molecule has 5 nitrogen and oxygen atoms in total. The molecule has 0 atom stereocenters. The molecule has 0 spiro atoms. The summed E-state index contributed by atoms with van der Waals surface area (Å²) in [6.45, 7) is 5.43. The predicted octanol–water partition coefficient (Wildman–Crippen LogP) is 2.97. The highest BCUT2D eigenvalue weighted by atomic mass is 15.4. The monoisotopic (exact) mass is 307 g/mol. The van der Waals surface area contributed by atoms with Crippen molar-refractivity contribution in [1.82, 2.24) is 20.0 Å². The first kappa shape index (κ1) is 15.4. The van der Waals surface area contributed by atoms with Gasteiger partial charge in [-0.3, -0.25) is 4.98 Å². The van der Waals surface area contributed by atoms with Crippen molar-refractivity contribution in [3.63, 3.8) is 0 Å². The summed E-state index contributed by atoms with van der Waals surface area (Å²) in [7, 11) is 0. The number of aromatic nitrogens is 4. The summed E-state index contributed by atoms with van der Waals surface area (Å²) < 4.78 is 1.90. The van der Waals surface area contributed by atoms with Crippen molar-refractivity contribution in [3.05, 3.63) is 65.6 Å². The molecule has 0 bridgehead atoms. The fraction of sp³-hybridized carbons (Fsp3) is 0.278. The van der Waals surface area contributed by atoms with Crippen molar-refractivity contribution in [2.45, 2.75) is 32.9 Å². The van der Waals surface area contributed by atoms with Crippen LogP contribution in [0.5, 0.6) is 0 Å². The molecule has 3 rings (SSSR count). The molecule has 0 fully saturated rings. The van der Waals surface area contributed by atoms with Crippen LogP contribution in [-0.2, 0) is 13.1 Å². The lowest BCUT2D eigenvalue weighted by atomic mass is 10.0. The average Bonchev–Trinajstić information content (AvgIpc) is 2.99. The second-order valence-electron chi connectivity index (χ2n) is 5.88. The Morgan fingerprint density at radius 2 is 1.74 bits per heavy atom. The zero-order valence-corrected chi connectivity index (χ0v) is 13.5. The van der Waals surface area contributed by atoms with Crippen molar-refractivity contribution in [2.75, 3.05) is 0 Å². The molecule has 2 aromatic heterocycles. The van der Waals surface area contributed by atoms with Crippen molar-refractivity contribution in [3.8, 4) is 11.3 Å². The Kier molecular flexibility index (Phi) is 4.48. The highest BCUT2D eigenvalue weighted by molar-refractivity contribution is 5.61. The molecule has 0 amide bonds. The van der Waals surface area contributed by atoms with E-state index in [1.165, 1.54) is 11.1 Å². The molecular formula is C18H21N5. The highest BCUT2D eigenvalue weighted by Gasteiger charge is 2.14. The predicted molar refractivity (Wildman–Crippen MR) is 90.8 cm³/mol. The molecule has 118 valence electrons. The molecule has 0 aliphatic heterocycles. The van der Waals surface area contributed by atoms with E-state index in [1.807, 2.05) is 16.8 Å². The Bertz CT molecular complexity index is 760. The standard InChI is InChI=1S/C18H21N5/c1-13(2)15-5-3-14(4-6-15)12-23-18(17(11-19)21-22-23)16-7-9-20-10-8-16/h3-10,13H,11-12,19H2,1-2H3. The molecule has 0 saturated carbocycles. The third-order valence-corrected chi connectivity index (χ3v) is 3.93. The molecule has 2 heterocycles. The van der Waals surface area contributed by atoms with Gasteiger partial charge < -0.3 is 5.73 Å². The minimum absolute atomic E-state index is 0.365.